The molecule has 5 fully saturated rings. The monoisotopic (exact) mass is 704 g/mol. The molecule has 0 radical (unpaired) electrons. The fraction of sp³-hybridized carbons (Fsp3) is 0.839. The molecule has 5 heterocycles. The first-order valence-electron chi connectivity index (χ1n) is 16.5. The van der Waals surface area contributed by atoms with Crippen molar-refractivity contribution < 1.29 is 88.6 Å². The molecule has 0 aromatic rings. The average molecular weight is 705 g/mol. The Hall–Kier alpha value is -2.01. The van der Waals surface area contributed by atoms with Crippen LogP contribution in [0.4, 0.5) is 0 Å². The lowest BCUT2D eigenvalue weighted by atomic mass is 9.83. The van der Waals surface area contributed by atoms with Crippen molar-refractivity contribution in [3.05, 3.63) is 24.2 Å². The third-order valence-corrected chi connectivity index (χ3v) is 11.3. The predicted octanol–water partition coefficient (Wildman–Crippen LogP) is -4.32. The highest BCUT2D eigenvalue weighted by atomic mass is 16.8. The van der Waals surface area contributed by atoms with Crippen LogP contribution in [0.25, 0.3) is 0 Å². The van der Waals surface area contributed by atoms with E-state index >= 15 is 0 Å². The minimum Gasteiger partial charge on any atom is -0.472 e. The number of hydrogen-bond donors (Lipinski definition) is 9. The number of rotatable bonds is 9. The van der Waals surface area contributed by atoms with Crippen LogP contribution in [0.1, 0.15) is 19.8 Å². The van der Waals surface area contributed by atoms with Crippen molar-refractivity contribution in [2.24, 2.45) is 29.6 Å². The molecule has 0 bridgehead atoms. The topological polar surface area (TPSA) is 276 Å². The van der Waals surface area contributed by atoms with Crippen molar-refractivity contribution in [1.29, 1.82) is 0 Å². The average Bonchev–Trinajstić information content (AvgIpc) is 3.62. The summed E-state index contributed by atoms with van der Waals surface area (Å²) in [6, 6.07) is 0. The van der Waals surface area contributed by atoms with E-state index in [9.17, 15) is 50.8 Å². The smallest absolute Gasteiger partial charge is 0.337 e. The predicted molar refractivity (Wildman–Crippen MR) is 154 cm³/mol. The highest BCUT2D eigenvalue weighted by Gasteiger charge is 2.77. The van der Waals surface area contributed by atoms with Gasteiger partial charge in [0.15, 0.2) is 12.6 Å². The van der Waals surface area contributed by atoms with Crippen LogP contribution >= 0.6 is 0 Å². The second kappa shape index (κ2) is 13.5. The first-order chi connectivity index (χ1) is 23.4. The van der Waals surface area contributed by atoms with Gasteiger partial charge in [-0.05, 0) is 24.8 Å². The molecule has 7 rings (SSSR count). The van der Waals surface area contributed by atoms with Crippen molar-refractivity contribution in [1.82, 2.24) is 0 Å². The second-order valence-corrected chi connectivity index (χ2v) is 13.9. The quantitative estimate of drug-likeness (QED) is 0.0811. The largest absolute Gasteiger partial charge is 0.472 e. The zero-order chi connectivity index (χ0) is 34.9. The third-order valence-electron chi connectivity index (χ3n) is 11.3. The van der Waals surface area contributed by atoms with E-state index in [1.807, 2.05) is 6.92 Å². The highest BCUT2D eigenvalue weighted by molar-refractivity contribution is 5.89. The number of carbonyl (C=O) groups is 1. The van der Waals surface area contributed by atoms with Gasteiger partial charge in [0.2, 0.25) is 12.6 Å². The van der Waals surface area contributed by atoms with Crippen LogP contribution in [0.5, 0.6) is 0 Å². The molecule has 2 saturated carbocycles. The number of esters is 1. The Morgan fingerprint density at radius 2 is 1.43 bits per heavy atom. The Bertz CT molecular complexity index is 1280. The van der Waals surface area contributed by atoms with Gasteiger partial charge in [0, 0.05) is 17.8 Å². The number of epoxide rings is 1. The van der Waals surface area contributed by atoms with Gasteiger partial charge >= 0.3 is 5.97 Å². The molecular formula is C31H44O18. The van der Waals surface area contributed by atoms with Crippen LogP contribution in [0.3, 0.4) is 0 Å². The molecule has 0 spiro atoms. The Balaban J connectivity index is 1.05. The normalized spacial score (nSPS) is 53.0. The summed E-state index contributed by atoms with van der Waals surface area (Å²) >= 11 is 0. The first-order valence-corrected chi connectivity index (χ1v) is 16.5. The van der Waals surface area contributed by atoms with Gasteiger partial charge in [0.25, 0.3) is 0 Å². The summed E-state index contributed by atoms with van der Waals surface area (Å²) in [5.74, 6) is -2.79. The van der Waals surface area contributed by atoms with Gasteiger partial charge in [-0.2, -0.15) is 0 Å². The Morgan fingerprint density at radius 3 is 2.02 bits per heavy atom. The molecule has 0 unspecified atom stereocenters. The van der Waals surface area contributed by atoms with Crippen LogP contribution in [0.2, 0.25) is 0 Å². The summed E-state index contributed by atoms with van der Waals surface area (Å²) in [5, 5.41) is 91.3. The van der Waals surface area contributed by atoms with Crippen LogP contribution in [0, 0.1) is 29.6 Å². The number of hydrogen-bond acceptors (Lipinski definition) is 18. The van der Waals surface area contributed by atoms with Gasteiger partial charge in [-0.3, -0.25) is 0 Å². The number of carbonyl (C=O) groups excluding carboxylic acids is 1. The van der Waals surface area contributed by atoms with Crippen LogP contribution in [0.15, 0.2) is 24.2 Å². The minimum atomic E-state index is -1.70. The molecule has 0 amide bonds. The van der Waals surface area contributed by atoms with E-state index in [0.29, 0.717) is 12.8 Å². The fourth-order valence-corrected chi connectivity index (χ4v) is 8.48. The summed E-state index contributed by atoms with van der Waals surface area (Å²) in [5.41, 5.74) is -0.988. The van der Waals surface area contributed by atoms with Crippen LogP contribution in [-0.4, -0.2) is 164 Å². The van der Waals surface area contributed by atoms with Crippen LogP contribution < -0.4 is 0 Å². The van der Waals surface area contributed by atoms with Crippen molar-refractivity contribution in [3.8, 4) is 0 Å². The van der Waals surface area contributed by atoms with Gasteiger partial charge in [0.05, 0.1) is 43.8 Å². The molecule has 49 heavy (non-hydrogen) atoms. The van der Waals surface area contributed by atoms with Gasteiger partial charge in [-0.1, -0.05) is 6.92 Å². The van der Waals surface area contributed by atoms with Gasteiger partial charge in [-0.25, -0.2) is 4.79 Å². The zero-order valence-corrected chi connectivity index (χ0v) is 26.4. The summed E-state index contributed by atoms with van der Waals surface area (Å²) in [7, 11) is 0. The molecule has 0 aromatic carbocycles. The van der Waals surface area contributed by atoms with E-state index in [-0.39, 0.29) is 23.3 Å². The molecule has 18 heteroatoms. The Morgan fingerprint density at radius 1 is 0.816 bits per heavy atom. The van der Waals surface area contributed by atoms with Crippen molar-refractivity contribution >= 4 is 5.97 Å². The van der Waals surface area contributed by atoms with Crippen molar-refractivity contribution in [3.63, 3.8) is 0 Å². The molecule has 5 aliphatic heterocycles. The lowest BCUT2D eigenvalue weighted by Gasteiger charge is -2.43. The van der Waals surface area contributed by atoms with E-state index in [4.69, 9.17) is 37.9 Å². The summed E-state index contributed by atoms with van der Waals surface area (Å²) < 4.78 is 46.4. The third kappa shape index (κ3) is 5.79. The van der Waals surface area contributed by atoms with Crippen molar-refractivity contribution in [2.75, 3.05) is 19.8 Å². The maximum atomic E-state index is 13.8. The fourth-order valence-electron chi connectivity index (χ4n) is 8.48. The lowest BCUT2D eigenvalue weighted by Crippen LogP contribution is -2.60. The van der Waals surface area contributed by atoms with E-state index in [1.54, 1.807) is 6.08 Å². The van der Waals surface area contributed by atoms with Crippen LogP contribution in [-0.2, 0) is 42.7 Å². The van der Waals surface area contributed by atoms with E-state index in [0.717, 1.165) is 0 Å². The number of aliphatic hydroxyl groups is 9. The molecule has 2 aliphatic carbocycles. The lowest BCUT2D eigenvalue weighted by molar-refractivity contribution is -0.344. The molecular weight excluding hydrogens is 660 g/mol. The van der Waals surface area contributed by atoms with Gasteiger partial charge < -0.3 is 83.9 Å². The zero-order valence-electron chi connectivity index (χ0n) is 26.4. The molecule has 20 atom stereocenters. The molecule has 18 nitrogen and oxygen atoms in total. The summed E-state index contributed by atoms with van der Waals surface area (Å²) in [6.45, 7) is 0.196. The summed E-state index contributed by atoms with van der Waals surface area (Å²) in [4.78, 5) is 13.8. The number of fused-ring (bicyclic) bond motifs is 4. The maximum Gasteiger partial charge on any atom is 0.337 e. The SMILES string of the molecule is C[C@@H]1CC[C@@H]2C(C(=O)O[C@H]3[C@@H]4C=CO[C@@H](O[C@@H]5O[C@H](CO)[C@@H](O)[C@H](O)[C@H]5O)[C@@H]4[C@@]4(CO)O[C@@H]34)=CO[C@@H](O[C@@H]3O[C@H](CO)[C@@H](O)[C@H](O)[C@H]3O)[C@H]12. The molecule has 3 saturated heterocycles. The second-order valence-electron chi connectivity index (χ2n) is 13.9. The molecule has 276 valence electrons. The van der Waals surface area contributed by atoms with E-state index < -0.39 is 129 Å². The maximum absolute atomic E-state index is 13.8. The standard InChI is InChI=1S/C31H44O18/c1-10-2-3-11-13(8-43-27(16(10)11)47-29-22(39)20(37)18(35)14(6-32)44-29)26(41)46-24-12-4-5-42-28(17(12)31(9-34)25(24)49-31)48-30-23(40)21(38)19(36)15(7-33)45-30/h4-5,8,10-12,14-25,27-30,32-40H,2-3,6-7,9H2,1H3/t10-,11-,12-,14-,15-,16-,17-,18-,19-,20+,21+,22-,23-,24+,25+,27+,28+,29+,30+,31-/m1/s1. The van der Waals surface area contributed by atoms with E-state index in [1.165, 1.54) is 12.5 Å². The minimum absolute atomic E-state index is 0.000182. The van der Waals surface area contributed by atoms with Crippen molar-refractivity contribution in [2.45, 2.75) is 112 Å². The Kier molecular flexibility index (Phi) is 9.76. The number of aliphatic hydroxyl groups excluding tert-OH is 9. The highest BCUT2D eigenvalue weighted by Crippen LogP contribution is 2.61. The molecule has 0 aromatic heterocycles. The van der Waals surface area contributed by atoms with Gasteiger partial charge in [0.1, 0.15) is 66.6 Å². The Labute approximate surface area is 279 Å². The van der Waals surface area contributed by atoms with Gasteiger partial charge in [-0.15, -0.1) is 0 Å². The first kappa shape index (κ1) is 35.4. The van der Waals surface area contributed by atoms with E-state index in [2.05, 4.69) is 0 Å². The summed E-state index contributed by atoms with van der Waals surface area (Å²) in [6.07, 6.45) is -13.5. The number of ether oxygens (including phenoxy) is 8. The molecule has 9 N–H and O–H groups in total. The molecule has 7 aliphatic rings.